The molecule has 0 radical (unpaired) electrons. The van der Waals surface area contributed by atoms with E-state index in [-0.39, 0.29) is 5.41 Å². The minimum absolute atomic E-state index is 0.0737. The molecule has 0 aromatic heterocycles. The number of nitrogens with two attached hydrogens (primary N) is 1. The summed E-state index contributed by atoms with van der Waals surface area (Å²) in [5, 5.41) is 0. The molecule has 1 heterocycles. The number of rotatable bonds is 5. The van der Waals surface area contributed by atoms with Crippen LogP contribution in [0.15, 0.2) is 0 Å². The van der Waals surface area contributed by atoms with Gasteiger partial charge in [-0.2, -0.15) is 0 Å². The van der Waals surface area contributed by atoms with Crippen molar-refractivity contribution in [2.75, 3.05) is 33.2 Å². The Morgan fingerprint density at radius 2 is 1.90 bits per heavy atom. The fraction of sp³-hybridized carbons (Fsp3) is 0.941. The fourth-order valence-corrected chi connectivity index (χ4v) is 4.11. The van der Waals surface area contributed by atoms with Gasteiger partial charge in [0.05, 0.1) is 6.54 Å². The molecule has 2 atom stereocenters. The van der Waals surface area contributed by atoms with E-state index in [9.17, 15) is 4.79 Å². The van der Waals surface area contributed by atoms with E-state index < -0.39 is 0 Å². The van der Waals surface area contributed by atoms with Gasteiger partial charge in [-0.05, 0) is 50.6 Å². The molecule has 2 fully saturated rings. The summed E-state index contributed by atoms with van der Waals surface area (Å²) < 4.78 is 0. The number of piperidine rings is 1. The lowest BCUT2D eigenvalue weighted by Gasteiger charge is -2.44. The average molecular weight is 295 g/mol. The maximum absolute atomic E-state index is 12.7. The van der Waals surface area contributed by atoms with E-state index in [1.807, 2.05) is 7.05 Å². The molecule has 0 aromatic carbocycles. The second-order valence-corrected chi connectivity index (χ2v) is 7.88. The normalized spacial score (nSPS) is 26.8. The third-order valence-corrected chi connectivity index (χ3v) is 5.22. The van der Waals surface area contributed by atoms with Crippen LogP contribution < -0.4 is 5.73 Å². The molecule has 0 bridgehead atoms. The molecule has 21 heavy (non-hydrogen) atoms. The van der Waals surface area contributed by atoms with Gasteiger partial charge in [-0.3, -0.25) is 9.69 Å². The van der Waals surface area contributed by atoms with Crippen LogP contribution in [0.5, 0.6) is 0 Å². The first-order valence-corrected chi connectivity index (χ1v) is 8.61. The lowest BCUT2D eigenvalue weighted by atomic mass is 9.78. The summed E-state index contributed by atoms with van der Waals surface area (Å²) in [6.07, 6.45) is 7.70. The number of fused-ring (bicyclic) bond motifs is 1. The smallest absolute Gasteiger partial charge is 0.236 e. The standard InChI is InChI=1S/C17H33N3O/c1-17(2,12-18)13-19(3)11-16(21)20-10-6-8-14-7-4-5-9-15(14)20/h14-15H,4-13,18H2,1-3H3. The van der Waals surface area contributed by atoms with Crippen molar-refractivity contribution >= 4 is 5.91 Å². The Morgan fingerprint density at radius 3 is 2.62 bits per heavy atom. The Bertz CT molecular complexity index is 354. The summed E-state index contributed by atoms with van der Waals surface area (Å²) >= 11 is 0. The summed E-state index contributed by atoms with van der Waals surface area (Å²) in [6, 6.07) is 0.524. The molecule has 2 rings (SSSR count). The highest BCUT2D eigenvalue weighted by Crippen LogP contribution is 2.35. The Hall–Kier alpha value is -0.610. The van der Waals surface area contributed by atoms with E-state index in [0.717, 1.165) is 19.0 Å². The predicted molar refractivity (Wildman–Crippen MR) is 87.0 cm³/mol. The number of amides is 1. The zero-order chi connectivity index (χ0) is 15.5. The zero-order valence-electron chi connectivity index (χ0n) is 14.1. The summed E-state index contributed by atoms with van der Waals surface area (Å²) in [6.45, 7) is 7.34. The van der Waals surface area contributed by atoms with Crippen molar-refractivity contribution in [2.45, 2.75) is 58.4 Å². The van der Waals surface area contributed by atoms with Crippen LogP contribution in [0.1, 0.15) is 52.4 Å². The first-order valence-electron chi connectivity index (χ1n) is 8.61. The lowest BCUT2D eigenvalue weighted by Crippen LogP contribution is -2.52. The summed E-state index contributed by atoms with van der Waals surface area (Å²) in [4.78, 5) is 17.0. The molecular formula is C17H33N3O. The Kier molecular flexibility index (Phi) is 5.67. The van der Waals surface area contributed by atoms with Crippen molar-refractivity contribution in [3.05, 3.63) is 0 Å². The molecule has 1 amide bonds. The van der Waals surface area contributed by atoms with Gasteiger partial charge in [-0.1, -0.05) is 26.7 Å². The Balaban J connectivity index is 1.89. The number of carbonyl (C=O) groups is 1. The average Bonchev–Trinajstić information content (AvgIpc) is 2.46. The predicted octanol–water partition coefficient (Wildman–Crippen LogP) is 2.08. The van der Waals surface area contributed by atoms with Crippen LogP contribution >= 0.6 is 0 Å². The molecule has 4 heteroatoms. The third-order valence-electron chi connectivity index (χ3n) is 5.22. The van der Waals surface area contributed by atoms with Gasteiger partial charge in [0.1, 0.15) is 0 Å². The highest BCUT2D eigenvalue weighted by atomic mass is 16.2. The summed E-state index contributed by atoms with van der Waals surface area (Å²) in [5.74, 6) is 1.09. The zero-order valence-corrected chi connectivity index (χ0v) is 14.1. The van der Waals surface area contributed by atoms with Crippen molar-refractivity contribution in [1.82, 2.24) is 9.80 Å². The van der Waals surface area contributed by atoms with Crippen LogP contribution in [0.25, 0.3) is 0 Å². The molecule has 1 aliphatic carbocycles. The van der Waals surface area contributed by atoms with Crippen molar-refractivity contribution in [3.63, 3.8) is 0 Å². The van der Waals surface area contributed by atoms with Crippen LogP contribution in [-0.2, 0) is 4.79 Å². The molecular weight excluding hydrogens is 262 g/mol. The van der Waals surface area contributed by atoms with Gasteiger partial charge < -0.3 is 10.6 Å². The molecule has 2 aliphatic rings. The van der Waals surface area contributed by atoms with Crippen molar-refractivity contribution in [1.29, 1.82) is 0 Å². The summed E-state index contributed by atoms with van der Waals surface area (Å²) in [7, 11) is 2.04. The van der Waals surface area contributed by atoms with E-state index in [2.05, 4.69) is 23.6 Å². The minimum Gasteiger partial charge on any atom is -0.338 e. The molecule has 1 aliphatic heterocycles. The van der Waals surface area contributed by atoms with Gasteiger partial charge in [0.15, 0.2) is 0 Å². The van der Waals surface area contributed by atoms with E-state index in [1.165, 1.54) is 38.5 Å². The molecule has 1 saturated heterocycles. The van der Waals surface area contributed by atoms with Gasteiger partial charge >= 0.3 is 0 Å². The van der Waals surface area contributed by atoms with Gasteiger partial charge in [-0.15, -0.1) is 0 Å². The molecule has 2 N–H and O–H groups in total. The number of hydrogen-bond donors (Lipinski definition) is 1. The molecule has 0 aromatic rings. The SMILES string of the molecule is CN(CC(=O)N1CCCC2CCCCC21)CC(C)(C)CN. The van der Waals surface area contributed by atoms with E-state index in [4.69, 9.17) is 5.73 Å². The molecule has 122 valence electrons. The Labute approximate surface area is 130 Å². The molecule has 1 saturated carbocycles. The van der Waals surface area contributed by atoms with E-state index in [1.54, 1.807) is 0 Å². The summed E-state index contributed by atoms with van der Waals surface area (Å²) in [5.41, 5.74) is 5.87. The van der Waals surface area contributed by atoms with Gasteiger partial charge in [-0.25, -0.2) is 0 Å². The quantitative estimate of drug-likeness (QED) is 0.845. The monoisotopic (exact) mass is 295 g/mol. The first-order chi connectivity index (χ1) is 9.93. The van der Waals surface area contributed by atoms with Gasteiger partial charge in [0, 0.05) is 19.1 Å². The topological polar surface area (TPSA) is 49.6 Å². The van der Waals surface area contributed by atoms with Crippen LogP contribution in [0, 0.1) is 11.3 Å². The molecule has 0 spiro atoms. The highest BCUT2D eigenvalue weighted by Gasteiger charge is 2.35. The second kappa shape index (κ2) is 7.10. The van der Waals surface area contributed by atoms with E-state index in [0.29, 0.717) is 25.0 Å². The van der Waals surface area contributed by atoms with E-state index >= 15 is 0 Å². The number of carbonyl (C=O) groups excluding carboxylic acids is 1. The van der Waals surface area contributed by atoms with Crippen LogP contribution in [0.4, 0.5) is 0 Å². The largest absolute Gasteiger partial charge is 0.338 e. The number of nitrogens with zero attached hydrogens (tertiary/aromatic N) is 2. The van der Waals surface area contributed by atoms with Crippen LogP contribution in [-0.4, -0.2) is 55.0 Å². The van der Waals surface area contributed by atoms with Crippen molar-refractivity contribution < 1.29 is 4.79 Å². The minimum atomic E-state index is 0.0737. The number of likely N-dealkylation sites (N-methyl/N-ethyl adjacent to an activating group) is 1. The number of likely N-dealkylation sites (tertiary alicyclic amines) is 1. The molecule has 2 unspecified atom stereocenters. The van der Waals surface area contributed by atoms with Crippen LogP contribution in [0.2, 0.25) is 0 Å². The number of hydrogen-bond acceptors (Lipinski definition) is 3. The first kappa shape index (κ1) is 16.8. The van der Waals surface area contributed by atoms with Gasteiger partial charge in [0.2, 0.25) is 5.91 Å². The van der Waals surface area contributed by atoms with Crippen molar-refractivity contribution in [3.8, 4) is 0 Å². The maximum atomic E-state index is 12.7. The fourth-order valence-electron chi connectivity index (χ4n) is 4.11. The third kappa shape index (κ3) is 4.43. The van der Waals surface area contributed by atoms with Crippen molar-refractivity contribution in [2.24, 2.45) is 17.1 Å². The maximum Gasteiger partial charge on any atom is 0.236 e. The second-order valence-electron chi connectivity index (χ2n) is 7.88. The molecule has 4 nitrogen and oxygen atoms in total. The highest BCUT2D eigenvalue weighted by molar-refractivity contribution is 5.78. The Morgan fingerprint density at radius 1 is 1.24 bits per heavy atom. The van der Waals surface area contributed by atoms with Crippen LogP contribution in [0.3, 0.4) is 0 Å². The van der Waals surface area contributed by atoms with Gasteiger partial charge in [0.25, 0.3) is 0 Å². The lowest BCUT2D eigenvalue weighted by molar-refractivity contribution is -0.138.